The third kappa shape index (κ3) is 3.91. The zero-order valence-electron chi connectivity index (χ0n) is 10.2. The predicted octanol–water partition coefficient (Wildman–Crippen LogP) is 2.19. The number of aromatic nitrogens is 1. The molecule has 0 aliphatic rings. The van der Waals surface area contributed by atoms with E-state index in [2.05, 4.69) is 10.3 Å². The molecule has 0 bridgehead atoms. The third-order valence-corrected chi connectivity index (χ3v) is 3.21. The summed E-state index contributed by atoms with van der Waals surface area (Å²) in [5.41, 5.74) is 5.73. The number of hydrogen-bond acceptors (Lipinski definition) is 2. The van der Waals surface area contributed by atoms with Crippen molar-refractivity contribution in [1.29, 1.82) is 0 Å². The first-order valence-electron chi connectivity index (χ1n) is 5.25. The van der Waals surface area contributed by atoms with E-state index in [0.717, 1.165) is 0 Å². The average molecular weight is 280 g/mol. The smallest absolute Gasteiger partial charge is 0.268 e. The maximum atomic E-state index is 11.9. The van der Waals surface area contributed by atoms with Crippen molar-refractivity contribution in [3.05, 3.63) is 23.0 Å². The Morgan fingerprint density at radius 2 is 2.24 bits per heavy atom. The highest BCUT2D eigenvalue weighted by molar-refractivity contribution is 6.30. The Labute approximate surface area is 113 Å². The first kappa shape index (κ1) is 16.3. The lowest BCUT2D eigenvalue weighted by Gasteiger charge is -2.33. The fraction of sp³-hybridized carbons (Fsp3) is 0.545. The molecule has 0 spiro atoms. The van der Waals surface area contributed by atoms with Crippen molar-refractivity contribution in [3.8, 4) is 0 Å². The minimum absolute atomic E-state index is 0. The molecule has 17 heavy (non-hydrogen) atoms. The van der Waals surface area contributed by atoms with Crippen molar-refractivity contribution in [2.24, 2.45) is 11.7 Å². The number of hydrogen-bond donors (Lipinski definition) is 3. The van der Waals surface area contributed by atoms with Gasteiger partial charge in [0.05, 0.1) is 10.6 Å². The second kappa shape index (κ2) is 6.28. The number of halogens is 2. The van der Waals surface area contributed by atoms with Crippen LogP contribution in [0.1, 0.15) is 31.3 Å². The fourth-order valence-corrected chi connectivity index (χ4v) is 1.42. The number of amides is 1. The molecule has 0 saturated heterocycles. The van der Waals surface area contributed by atoms with Crippen LogP contribution in [0.15, 0.2) is 12.3 Å². The monoisotopic (exact) mass is 279 g/mol. The van der Waals surface area contributed by atoms with Crippen molar-refractivity contribution in [2.45, 2.75) is 26.3 Å². The third-order valence-electron chi connectivity index (χ3n) is 2.99. The summed E-state index contributed by atoms with van der Waals surface area (Å²) in [6.45, 7) is 6.37. The minimum atomic E-state index is -0.408. The van der Waals surface area contributed by atoms with Gasteiger partial charge in [0.2, 0.25) is 0 Å². The summed E-state index contributed by atoms with van der Waals surface area (Å²) in [6, 6.07) is 1.59. The van der Waals surface area contributed by atoms with Crippen molar-refractivity contribution in [3.63, 3.8) is 0 Å². The molecule has 0 radical (unpaired) electrons. The number of carbonyl (C=O) groups excluding carboxylic acids is 1. The van der Waals surface area contributed by atoms with Gasteiger partial charge in [-0.2, -0.15) is 0 Å². The first-order valence-corrected chi connectivity index (χ1v) is 5.63. The molecule has 1 atom stereocenters. The van der Waals surface area contributed by atoms with Crippen LogP contribution < -0.4 is 11.1 Å². The molecule has 1 heterocycles. The van der Waals surface area contributed by atoms with E-state index in [-0.39, 0.29) is 24.2 Å². The summed E-state index contributed by atoms with van der Waals surface area (Å²) in [4.78, 5) is 14.7. The lowest BCUT2D eigenvalue weighted by molar-refractivity contribution is 0.0878. The maximum absolute atomic E-state index is 11.9. The molecule has 4 nitrogen and oxygen atoms in total. The van der Waals surface area contributed by atoms with Crippen LogP contribution in [-0.2, 0) is 0 Å². The molecule has 1 aromatic rings. The second-order valence-electron chi connectivity index (χ2n) is 4.46. The normalized spacial score (nSPS) is 14.0. The molecule has 0 saturated carbocycles. The lowest BCUT2D eigenvalue weighted by Crippen LogP contribution is -2.55. The van der Waals surface area contributed by atoms with Gasteiger partial charge in [0.1, 0.15) is 5.69 Å². The Morgan fingerprint density at radius 1 is 1.65 bits per heavy atom. The molecule has 1 aromatic heterocycles. The molecule has 4 N–H and O–H groups in total. The minimum Gasteiger partial charge on any atom is -0.356 e. The number of H-pyrrole nitrogens is 1. The van der Waals surface area contributed by atoms with Gasteiger partial charge in [-0.25, -0.2) is 0 Å². The van der Waals surface area contributed by atoms with Gasteiger partial charge in [-0.05, 0) is 18.9 Å². The number of carbonyl (C=O) groups is 1. The summed E-state index contributed by atoms with van der Waals surface area (Å²) in [7, 11) is 0. The maximum Gasteiger partial charge on any atom is 0.268 e. The molecule has 0 aliphatic carbocycles. The highest BCUT2D eigenvalue weighted by Crippen LogP contribution is 2.16. The summed E-state index contributed by atoms with van der Waals surface area (Å²) in [5, 5.41) is 3.44. The Balaban J connectivity index is 0.00000256. The zero-order valence-corrected chi connectivity index (χ0v) is 11.8. The topological polar surface area (TPSA) is 70.9 Å². The van der Waals surface area contributed by atoms with Crippen LogP contribution in [0.2, 0.25) is 5.02 Å². The summed E-state index contributed by atoms with van der Waals surface area (Å²) in [5.74, 6) is 0.0698. The highest BCUT2D eigenvalue weighted by Gasteiger charge is 2.29. The average Bonchev–Trinajstić information content (AvgIpc) is 2.64. The quantitative estimate of drug-likeness (QED) is 0.791. The molecule has 1 amide bonds. The lowest BCUT2D eigenvalue weighted by atomic mass is 9.88. The Morgan fingerprint density at radius 3 is 2.59 bits per heavy atom. The van der Waals surface area contributed by atoms with Gasteiger partial charge in [0.25, 0.3) is 5.91 Å². The van der Waals surface area contributed by atoms with E-state index in [1.807, 2.05) is 20.8 Å². The SMILES string of the molecule is CC(C)C(C)(CN)NC(=O)c1cc(Cl)c[nH]1.Cl. The van der Waals surface area contributed by atoms with E-state index in [4.69, 9.17) is 17.3 Å². The van der Waals surface area contributed by atoms with E-state index in [0.29, 0.717) is 17.3 Å². The van der Waals surface area contributed by atoms with E-state index in [1.54, 1.807) is 12.3 Å². The van der Waals surface area contributed by atoms with Crippen LogP contribution in [0, 0.1) is 5.92 Å². The summed E-state index contributed by atoms with van der Waals surface area (Å²) >= 11 is 5.74. The van der Waals surface area contributed by atoms with Gasteiger partial charge in [-0.15, -0.1) is 12.4 Å². The molecular formula is C11H19Cl2N3O. The van der Waals surface area contributed by atoms with Crippen molar-refractivity contribution in [2.75, 3.05) is 6.54 Å². The Hall–Kier alpha value is -0.710. The van der Waals surface area contributed by atoms with Gasteiger partial charge in [-0.3, -0.25) is 4.79 Å². The van der Waals surface area contributed by atoms with Crippen LogP contribution in [0.5, 0.6) is 0 Å². The second-order valence-corrected chi connectivity index (χ2v) is 4.90. The van der Waals surface area contributed by atoms with Crippen LogP contribution >= 0.6 is 24.0 Å². The van der Waals surface area contributed by atoms with Crippen LogP contribution in [0.4, 0.5) is 0 Å². The van der Waals surface area contributed by atoms with Crippen molar-refractivity contribution >= 4 is 29.9 Å². The Bertz CT molecular complexity index is 379. The van der Waals surface area contributed by atoms with Crippen LogP contribution in [0.3, 0.4) is 0 Å². The van der Waals surface area contributed by atoms with E-state index >= 15 is 0 Å². The van der Waals surface area contributed by atoms with Gasteiger partial charge in [-0.1, -0.05) is 25.4 Å². The molecule has 6 heteroatoms. The first-order chi connectivity index (χ1) is 7.39. The van der Waals surface area contributed by atoms with Gasteiger partial charge in [0, 0.05) is 12.7 Å². The molecular weight excluding hydrogens is 261 g/mol. The van der Waals surface area contributed by atoms with Gasteiger partial charge < -0.3 is 16.0 Å². The molecule has 1 unspecified atom stereocenters. The van der Waals surface area contributed by atoms with E-state index in [9.17, 15) is 4.79 Å². The number of rotatable bonds is 4. The van der Waals surface area contributed by atoms with E-state index < -0.39 is 5.54 Å². The number of aromatic amines is 1. The predicted molar refractivity (Wildman–Crippen MR) is 72.8 cm³/mol. The molecule has 1 rings (SSSR count). The Kier molecular flexibility index (Phi) is 6.02. The van der Waals surface area contributed by atoms with Crippen LogP contribution in [-0.4, -0.2) is 23.0 Å². The fourth-order valence-electron chi connectivity index (χ4n) is 1.26. The van der Waals surface area contributed by atoms with Gasteiger partial charge >= 0.3 is 0 Å². The molecule has 0 fully saturated rings. The molecule has 0 aliphatic heterocycles. The largest absolute Gasteiger partial charge is 0.356 e. The van der Waals surface area contributed by atoms with Crippen molar-refractivity contribution in [1.82, 2.24) is 10.3 Å². The summed E-state index contributed by atoms with van der Waals surface area (Å²) < 4.78 is 0. The number of nitrogens with two attached hydrogens (primary N) is 1. The number of nitrogens with one attached hydrogen (secondary N) is 2. The van der Waals surface area contributed by atoms with E-state index in [1.165, 1.54) is 0 Å². The summed E-state index contributed by atoms with van der Waals surface area (Å²) in [6.07, 6.45) is 1.58. The zero-order chi connectivity index (χ0) is 12.3. The highest BCUT2D eigenvalue weighted by atomic mass is 35.5. The molecule has 0 aromatic carbocycles. The van der Waals surface area contributed by atoms with Crippen LogP contribution in [0.25, 0.3) is 0 Å². The van der Waals surface area contributed by atoms with Gasteiger partial charge in [0.15, 0.2) is 0 Å². The standard InChI is InChI=1S/C11H18ClN3O.ClH/c1-7(2)11(3,6-13)15-10(16)9-4-8(12)5-14-9;/h4-5,7,14H,6,13H2,1-3H3,(H,15,16);1H. The van der Waals surface area contributed by atoms with Crippen molar-refractivity contribution < 1.29 is 4.79 Å². The molecule has 98 valence electrons.